The van der Waals surface area contributed by atoms with E-state index < -0.39 is 36.3 Å². The number of methoxy groups -OCH3 is 3. The van der Waals surface area contributed by atoms with Crippen LogP contribution in [-0.2, 0) is 20.8 Å². The van der Waals surface area contributed by atoms with Gasteiger partial charge in [-0.15, -0.1) is 0 Å². The summed E-state index contributed by atoms with van der Waals surface area (Å²) in [5, 5.41) is 31.1. The predicted octanol–water partition coefficient (Wildman–Crippen LogP) is 2.61. The third kappa shape index (κ3) is 3.39. The Morgan fingerprint density at radius 1 is 1.13 bits per heavy atom. The second kappa shape index (κ2) is 8.32. The fraction of sp³-hybridized carbons (Fsp3) is 0.333. The molecule has 3 N–H and O–H groups in total. The van der Waals surface area contributed by atoms with Gasteiger partial charge >= 0.3 is 11.9 Å². The van der Waals surface area contributed by atoms with Crippen LogP contribution in [0.1, 0.15) is 49.3 Å². The van der Waals surface area contributed by atoms with Crippen molar-refractivity contribution in [1.82, 2.24) is 0 Å². The Kier molecular flexibility index (Phi) is 5.96. The number of aliphatic hydroxyl groups is 1. The number of aromatic hydroxyl groups is 2. The van der Waals surface area contributed by atoms with Crippen molar-refractivity contribution in [1.29, 1.82) is 0 Å². The molecule has 0 bridgehead atoms. The van der Waals surface area contributed by atoms with Gasteiger partial charge in [0, 0.05) is 12.7 Å². The summed E-state index contributed by atoms with van der Waals surface area (Å²) in [6, 6.07) is 1.53. The van der Waals surface area contributed by atoms with Crippen LogP contribution in [0.3, 0.4) is 0 Å². The van der Waals surface area contributed by atoms with Crippen LogP contribution in [0, 0.1) is 13.8 Å². The van der Waals surface area contributed by atoms with Gasteiger partial charge in [-0.25, -0.2) is 9.59 Å². The van der Waals surface area contributed by atoms with E-state index in [4.69, 9.17) is 23.7 Å². The van der Waals surface area contributed by atoms with Crippen LogP contribution in [0.5, 0.6) is 28.7 Å². The zero-order valence-electron chi connectivity index (χ0n) is 17.6. The van der Waals surface area contributed by atoms with Gasteiger partial charge in [-0.1, -0.05) is 0 Å². The lowest BCUT2D eigenvalue weighted by Gasteiger charge is -2.21. The lowest BCUT2D eigenvalue weighted by atomic mass is 9.99. The van der Waals surface area contributed by atoms with E-state index in [1.54, 1.807) is 6.92 Å². The standard InChI is InChI=1S/C21H22O10/c1-8-6-11(27-3)10(7-22)17(12(8)19(25)28-4)30-18-14-13(15(23)9(2)16(18)24)20(26)31-21(14)29-5/h6,21-24H,7H2,1-5H3/t21-/m0/s1. The number of carbonyl (C=O) groups is 2. The molecule has 2 aromatic rings. The number of phenols is 2. The van der Waals surface area contributed by atoms with Crippen molar-refractivity contribution in [3.63, 3.8) is 0 Å². The number of aliphatic hydroxyl groups excluding tert-OH is 1. The number of carbonyl (C=O) groups excluding carboxylic acids is 2. The summed E-state index contributed by atoms with van der Waals surface area (Å²) in [6.07, 6.45) is -1.28. The maximum Gasteiger partial charge on any atom is 0.345 e. The molecule has 10 nitrogen and oxygen atoms in total. The number of fused-ring (bicyclic) bond motifs is 1. The quantitative estimate of drug-likeness (QED) is 0.581. The molecule has 0 radical (unpaired) electrons. The first-order valence-electron chi connectivity index (χ1n) is 9.11. The molecule has 31 heavy (non-hydrogen) atoms. The molecule has 0 fully saturated rings. The summed E-state index contributed by atoms with van der Waals surface area (Å²) in [5.41, 5.74) is 0.151. The van der Waals surface area contributed by atoms with Crippen molar-refractivity contribution in [3.8, 4) is 28.7 Å². The highest BCUT2D eigenvalue weighted by atomic mass is 16.7. The van der Waals surface area contributed by atoms with Crippen LogP contribution < -0.4 is 9.47 Å². The molecule has 0 saturated heterocycles. The molecule has 1 aliphatic rings. The van der Waals surface area contributed by atoms with Crippen LogP contribution in [0.2, 0.25) is 0 Å². The Morgan fingerprint density at radius 3 is 2.35 bits per heavy atom. The maximum absolute atomic E-state index is 12.5. The Morgan fingerprint density at radius 2 is 1.81 bits per heavy atom. The highest BCUT2D eigenvalue weighted by molar-refractivity contribution is 5.99. The number of rotatable bonds is 6. The van der Waals surface area contributed by atoms with Crippen molar-refractivity contribution in [2.75, 3.05) is 21.3 Å². The molecule has 2 aromatic carbocycles. The fourth-order valence-corrected chi connectivity index (χ4v) is 3.45. The minimum absolute atomic E-state index is 0.0227. The summed E-state index contributed by atoms with van der Waals surface area (Å²) in [7, 11) is 3.82. The summed E-state index contributed by atoms with van der Waals surface area (Å²) in [4.78, 5) is 24.8. The van der Waals surface area contributed by atoms with Gasteiger partial charge in [0.25, 0.3) is 0 Å². The van der Waals surface area contributed by atoms with E-state index in [9.17, 15) is 24.9 Å². The maximum atomic E-state index is 12.5. The van der Waals surface area contributed by atoms with Crippen molar-refractivity contribution in [2.45, 2.75) is 26.7 Å². The summed E-state index contributed by atoms with van der Waals surface area (Å²) < 4.78 is 26.3. The van der Waals surface area contributed by atoms with E-state index >= 15 is 0 Å². The number of phenolic OH excluding ortho intramolecular Hbond substituents is 2. The van der Waals surface area contributed by atoms with Gasteiger partial charge in [0.05, 0.1) is 32.0 Å². The first-order valence-corrected chi connectivity index (χ1v) is 9.11. The predicted molar refractivity (Wildman–Crippen MR) is 105 cm³/mol. The van der Waals surface area contributed by atoms with Crippen molar-refractivity contribution in [3.05, 3.63) is 39.4 Å². The van der Waals surface area contributed by atoms with Gasteiger partial charge in [-0.05, 0) is 25.5 Å². The number of hydrogen-bond donors (Lipinski definition) is 3. The number of benzene rings is 2. The number of esters is 2. The number of hydrogen-bond acceptors (Lipinski definition) is 10. The minimum atomic E-state index is -1.28. The average Bonchev–Trinajstić information content (AvgIpc) is 3.10. The van der Waals surface area contributed by atoms with E-state index in [1.165, 1.54) is 34.3 Å². The molecule has 1 atom stereocenters. The fourth-order valence-electron chi connectivity index (χ4n) is 3.45. The van der Waals surface area contributed by atoms with Crippen molar-refractivity contribution < 1.29 is 48.6 Å². The smallest absolute Gasteiger partial charge is 0.345 e. The molecule has 0 aromatic heterocycles. The molecular weight excluding hydrogens is 412 g/mol. The molecule has 1 heterocycles. The van der Waals surface area contributed by atoms with Crippen LogP contribution in [-0.4, -0.2) is 48.6 Å². The molecule has 10 heteroatoms. The molecular formula is C21H22O10. The van der Waals surface area contributed by atoms with E-state index in [2.05, 4.69) is 0 Å². The topological polar surface area (TPSA) is 141 Å². The first-order chi connectivity index (χ1) is 14.7. The second-order valence-corrected chi connectivity index (χ2v) is 6.74. The van der Waals surface area contributed by atoms with E-state index in [0.29, 0.717) is 5.56 Å². The zero-order valence-corrected chi connectivity index (χ0v) is 17.6. The molecule has 0 amide bonds. The van der Waals surface area contributed by atoms with Gasteiger partial charge in [0.15, 0.2) is 17.2 Å². The van der Waals surface area contributed by atoms with Crippen molar-refractivity contribution >= 4 is 11.9 Å². The van der Waals surface area contributed by atoms with Crippen molar-refractivity contribution in [2.24, 2.45) is 0 Å². The van der Waals surface area contributed by atoms with E-state index in [-0.39, 0.29) is 45.1 Å². The van der Waals surface area contributed by atoms with Crippen LogP contribution in [0.15, 0.2) is 6.07 Å². The molecule has 1 aliphatic heterocycles. The highest BCUT2D eigenvalue weighted by Gasteiger charge is 2.41. The van der Waals surface area contributed by atoms with Gasteiger partial charge in [-0.2, -0.15) is 0 Å². The summed E-state index contributed by atoms with van der Waals surface area (Å²) in [5.74, 6) is -2.82. The number of cyclic esters (lactones) is 1. The van der Waals surface area contributed by atoms with Gasteiger partial charge in [-0.3, -0.25) is 0 Å². The lowest BCUT2D eigenvalue weighted by Crippen LogP contribution is -2.11. The molecule has 0 aliphatic carbocycles. The third-order valence-corrected chi connectivity index (χ3v) is 5.06. The average molecular weight is 434 g/mol. The molecule has 3 rings (SSSR count). The minimum Gasteiger partial charge on any atom is -0.507 e. The zero-order chi connectivity index (χ0) is 23.0. The summed E-state index contributed by atoms with van der Waals surface area (Å²) >= 11 is 0. The SMILES string of the molecule is COC(=O)c1c(C)cc(OC)c(CO)c1Oc1c(O)c(C)c(O)c2c1[C@@H](OC)OC2=O. The molecule has 0 saturated carbocycles. The van der Waals surface area contributed by atoms with Crippen LogP contribution >= 0.6 is 0 Å². The summed E-state index contributed by atoms with van der Waals surface area (Å²) in [6.45, 7) is 2.40. The normalized spacial score (nSPS) is 14.8. The first kappa shape index (κ1) is 22.2. The Balaban J connectivity index is 2.36. The van der Waals surface area contributed by atoms with E-state index in [0.717, 1.165) is 0 Å². The Bertz CT molecular complexity index is 1070. The van der Waals surface area contributed by atoms with Gasteiger partial charge in [0.1, 0.15) is 22.6 Å². The van der Waals surface area contributed by atoms with Gasteiger partial charge < -0.3 is 39.0 Å². The Labute approximate surface area is 177 Å². The molecule has 0 spiro atoms. The largest absolute Gasteiger partial charge is 0.507 e. The van der Waals surface area contributed by atoms with Gasteiger partial charge in [0.2, 0.25) is 6.29 Å². The lowest BCUT2D eigenvalue weighted by molar-refractivity contribution is -0.0823. The van der Waals surface area contributed by atoms with Crippen LogP contribution in [0.4, 0.5) is 0 Å². The number of aryl methyl sites for hydroxylation is 1. The van der Waals surface area contributed by atoms with Crippen LogP contribution in [0.25, 0.3) is 0 Å². The Hall–Kier alpha value is -3.50. The highest BCUT2D eigenvalue weighted by Crippen LogP contribution is 2.52. The monoisotopic (exact) mass is 434 g/mol. The molecule has 0 unspecified atom stereocenters. The number of ether oxygens (including phenoxy) is 5. The molecule has 166 valence electrons. The second-order valence-electron chi connectivity index (χ2n) is 6.74. The van der Waals surface area contributed by atoms with E-state index in [1.807, 2.05) is 0 Å². The third-order valence-electron chi connectivity index (χ3n) is 5.06.